The van der Waals surface area contributed by atoms with Crippen LogP contribution >= 0.6 is 0 Å². The Morgan fingerprint density at radius 3 is 1.57 bits per heavy atom. The number of carbonyl (C=O) groups excluding carboxylic acids is 2. The maximum absolute atomic E-state index is 11.8. The zero-order valence-corrected chi connectivity index (χ0v) is 39.5. The predicted molar refractivity (Wildman–Crippen MR) is 235 cm³/mol. The highest BCUT2D eigenvalue weighted by Crippen LogP contribution is 2.33. The van der Waals surface area contributed by atoms with Gasteiger partial charge in [0.2, 0.25) is 0 Å². The maximum Gasteiger partial charge on any atom is 0.332 e. The Labute approximate surface area is 393 Å². The van der Waals surface area contributed by atoms with Crippen LogP contribution in [0.2, 0.25) is 0 Å². The summed E-state index contributed by atoms with van der Waals surface area (Å²) < 4.78 is 45.9. The number of aliphatic hydroxyl groups is 9. The third-order valence-corrected chi connectivity index (χ3v) is 12.5. The van der Waals surface area contributed by atoms with Crippen molar-refractivity contribution in [1.29, 1.82) is 0 Å². The minimum Gasteiger partial charge on any atom is -0.479 e. The van der Waals surface area contributed by atoms with Gasteiger partial charge in [0, 0.05) is 13.8 Å². The first-order chi connectivity index (χ1) is 31.9. The molecular formula is C46H82O21. The van der Waals surface area contributed by atoms with Crippen molar-refractivity contribution in [2.24, 2.45) is 0 Å². The normalized spacial score (nSPS) is 32.0. The summed E-state index contributed by atoms with van der Waals surface area (Å²) in [5.74, 6) is -2.71. The van der Waals surface area contributed by atoms with E-state index in [1.165, 1.54) is 0 Å². The number of rotatable bonds is 33. The van der Waals surface area contributed by atoms with E-state index in [2.05, 4.69) is 6.92 Å². The fraction of sp³-hybridized carbons (Fsp3) is 0.935. The Bertz CT molecular complexity index is 1380. The molecule has 0 aliphatic carbocycles. The van der Waals surface area contributed by atoms with Gasteiger partial charge in [0.25, 0.3) is 0 Å². The molecule has 0 bridgehead atoms. The predicted octanol–water partition coefficient (Wildman–Crippen LogP) is 1.23. The first kappa shape index (κ1) is 59.1. The van der Waals surface area contributed by atoms with Crippen LogP contribution in [0.5, 0.6) is 0 Å². The van der Waals surface area contributed by atoms with Gasteiger partial charge in [-0.1, -0.05) is 96.8 Å². The Morgan fingerprint density at radius 1 is 0.552 bits per heavy atom. The van der Waals surface area contributed by atoms with Crippen LogP contribution in [0.25, 0.3) is 0 Å². The lowest BCUT2D eigenvalue weighted by molar-refractivity contribution is -0.380. The molecule has 16 unspecified atom stereocenters. The topological polar surface area (TPSA) is 327 Å². The molecule has 3 fully saturated rings. The van der Waals surface area contributed by atoms with Gasteiger partial charge in [-0.2, -0.15) is 0 Å². The minimum absolute atomic E-state index is 0.291. The average molecular weight is 971 g/mol. The smallest absolute Gasteiger partial charge is 0.332 e. The minimum atomic E-state index is -1.91. The van der Waals surface area contributed by atoms with Gasteiger partial charge in [-0.25, -0.2) is 4.79 Å². The third-order valence-electron chi connectivity index (χ3n) is 12.5. The van der Waals surface area contributed by atoms with E-state index in [-0.39, 0.29) is 6.61 Å². The summed E-state index contributed by atoms with van der Waals surface area (Å²) in [5.41, 5.74) is 0. The summed E-state index contributed by atoms with van der Waals surface area (Å²) in [6, 6.07) is 0. The Kier molecular flexibility index (Phi) is 28.2. The highest BCUT2D eigenvalue weighted by molar-refractivity contribution is 5.71. The molecule has 3 aliphatic heterocycles. The van der Waals surface area contributed by atoms with Gasteiger partial charge in [0.1, 0.15) is 61.5 Å². The van der Waals surface area contributed by atoms with Gasteiger partial charge >= 0.3 is 17.9 Å². The van der Waals surface area contributed by atoms with Gasteiger partial charge in [-0.15, -0.1) is 0 Å². The second kappa shape index (κ2) is 31.9. The summed E-state index contributed by atoms with van der Waals surface area (Å²) in [6.07, 6.45) is -8.12. The molecule has 0 aromatic rings. The van der Waals surface area contributed by atoms with Gasteiger partial charge in [0.05, 0.1) is 31.5 Å². The standard InChI is InChI=1S/C46H82O21/c1-4-5-15-19-29(20-18-23-31(50)30(49)21-16-13-11-9-7-6-8-10-12-14-17-22-32(51)43(58)59)64-45-41(36(54)33(52)24-61-45)67-46-42(37(55)34(53)25-62-46)66-44-39(57)38(56)40(63-28(3)48)35(65-44)26-60-27(2)47/h29-42,44-46,49-57H,4-26H2,1-3H3,(H,58,59)/t29?,30?,31?,32-,33?,34?,35?,36?,37?,38?,39?,40?,41?,42?,44?,45?,46?/m0/s1. The van der Waals surface area contributed by atoms with E-state index in [9.17, 15) is 60.3 Å². The molecule has 3 saturated heterocycles. The first-order valence-corrected chi connectivity index (χ1v) is 24.5. The van der Waals surface area contributed by atoms with Crippen LogP contribution in [0.15, 0.2) is 0 Å². The van der Waals surface area contributed by atoms with E-state index in [0.29, 0.717) is 44.9 Å². The number of carboxylic acid groups (broad SMARTS) is 1. The first-order valence-electron chi connectivity index (χ1n) is 24.5. The largest absolute Gasteiger partial charge is 0.479 e. The Hall–Kier alpha value is -2.19. The van der Waals surface area contributed by atoms with Crippen molar-refractivity contribution in [3.8, 4) is 0 Å². The Balaban J connectivity index is 1.53. The number of ether oxygens (including phenoxy) is 8. The summed E-state index contributed by atoms with van der Waals surface area (Å²) in [5, 5.41) is 105. The number of carboxylic acids is 1. The molecule has 0 spiro atoms. The van der Waals surface area contributed by atoms with Crippen LogP contribution in [0.3, 0.4) is 0 Å². The lowest BCUT2D eigenvalue weighted by Crippen LogP contribution is -2.65. The maximum atomic E-state index is 11.8. The van der Waals surface area contributed by atoms with Crippen molar-refractivity contribution in [2.75, 3.05) is 19.8 Å². The van der Waals surface area contributed by atoms with Gasteiger partial charge in [-0.3, -0.25) is 9.59 Å². The number of esters is 2. The number of carbonyl (C=O) groups is 3. The SMILES string of the molecule is CCCCCC(CCCC(O)C(O)CCCCCCCCCCCCC[C@H](O)C(=O)O)OC1OCC(O)C(O)C1OC1OCC(O)C(O)C1OC1OC(COC(C)=O)C(OC(C)=O)C(O)C1O. The summed E-state index contributed by atoms with van der Waals surface area (Å²) in [7, 11) is 0. The van der Waals surface area contributed by atoms with Crippen LogP contribution in [-0.4, -0.2) is 193 Å². The summed E-state index contributed by atoms with van der Waals surface area (Å²) in [6.45, 7) is 2.94. The van der Waals surface area contributed by atoms with Gasteiger partial charge in [0.15, 0.2) is 31.1 Å². The van der Waals surface area contributed by atoms with Gasteiger partial charge < -0.3 is 89.0 Å². The zero-order valence-electron chi connectivity index (χ0n) is 39.5. The van der Waals surface area contributed by atoms with Crippen molar-refractivity contribution in [3.05, 3.63) is 0 Å². The fourth-order valence-electron chi connectivity index (χ4n) is 8.49. The fourth-order valence-corrected chi connectivity index (χ4v) is 8.49. The molecule has 21 nitrogen and oxygen atoms in total. The van der Waals surface area contributed by atoms with Crippen molar-refractivity contribution in [3.63, 3.8) is 0 Å². The highest BCUT2D eigenvalue weighted by Gasteiger charge is 2.52. The molecule has 0 aromatic carbocycles. The molecule has 3 rings (SSSR count). The number of unbranched alkanes of at least 4 members (excludes halogenated alkanes) is 12. The van der Waals surface area contributed by atoms with Crippen LogP contribution < -0.4 is 0 Å². The number of hydrogen-bond donors (Lipinski definition) is 10. The molecule has 17 atom stereocenters. The van der Waals surface area contributed by atoms with Crippen molar-refractivity contribution < 1.29 is 103 Å². The van der Waals surface area contributed by atoms with E-state index in [4.69, 9.17) is 43.0 Å². The molecule has 0 amide bonds. The van der Waals surface area contributed by atoms with Crippen LogP contribution in [0.1, 0.15) is 149 Å². The van der Waals surface area contributed by atoms with E-state index in [0.717, 1.165) is 97.3 Å². The molecular weight excluding hydrogens is 888 g/mol. The molecule has 0 saturated carbocycles. The zero-order chi connectivity index (χ0) is 49.5. The summed E-state index contributed by atoms with van der Waals surface area (Å²) >= 11 is 0. The monoisotopic (exact) mass is 971 g/mol. The quantitative estimate of drug-likeness (QED) is 0.0327. The van der Waals surface area contributed by atoms with E-state index < -0.39 is 135 Å². The van der Waals surface area contributed by atoms with Crippen LogP contribution in [-0.2, 0) is 52.3 Å². The summed E-state index contributed by atoms with van der Waals surface area (Å²) in [4.78, 5) is 34.1. The van der Waals surface area contributed by atoms with E-state index in [1.54, 1.807) is 0 Å². The molecule has 0 radical (unpaired) electrons. The second-order valence-corrected chi connectivity index (χ2v) is 18.3. The highest BCUT2D eigenvalue weighted by atomic mass is 16.8. The molecule has 0 aromatic heterocycles. The molecule has 10 N–H and O–H groups in total. The van der Waals surface area contributed by atoms with Crippen molar-refractivity contribution >= 4 is 17.9 Å². The lowest BCUT2D eigenvalue weighted by Gasteiger charge is -2.46. The number of aliphatic carboxylic acids is 1. The molecule has 3 heterocycles. The van der Waals surface area contributed by atoms with E-state index in [1.807, 2.05) is 0 Å². The van der Waals surface area contributed by atoms with Gasteiger partial charge in [-0.05, 0) is 38.5 Å². The number of hydrogen-bond acceptors (Lipinski definition) is 20. The average Bonchev–Trinajstić information content (AvgIpc) is 3.28. The van der Waals surface area contributed by atoms with E-state index >= 15 is 0 Å². The lowest BCUT2D eigenvalue weighted by atomic mass is 9.98. The van der Waals surface area contributed by atoms with Crippen molar-refractivity contribution in [1.82, 2.24) is 0 Å². The molecule has 392 valence electrons. The second-order valence-electron chi connectivity index (χ2n) is 18.3. The van der Waals surface area contributed by atoms with Crippen molar-refractivity contribution in [2.45, 2.75) is 254 Å². The molecule has 3 aliphatic rings. The number of aliphatic hydroxyl groups excluding tert-OH is 9. The molecule has 67 heavy (non-hydrogen) atoms. The Morgan fingerprint density at radius 2 is 1.03 bits per heavy atom. The van der Waals surface area contributed by atoms with Crippen LogP contribution in [0.4, 0.5) is 0 Å². The molecule has 21 heteroatoms. The van der Waals surface area contributed by atoms with Crippen LogP contribution in [0, 0.1) is 0 Å². The third kappa shape index (κ3) is 21.0.